The normalized spacial score (nSPS) is 12.8. The molecule has 0 amide bonds. The summed E-state index contributed by atoms with van der Waals surface area (Å²) in [5.41, 5.74) is 1.94. The predicted molar refractivity (Wildman–Crippen MR) is 128 cm³/mol. The zero-order valence-corrected chi connectivity index (χ0v) is 21.2. The van der Waals surface area contributed by atoms with Crippen molar-refractivity contribution in [2.75, 3.05) is 13.7 Å². The minimum atomic E-state index is -0.267. The maximum Gasteiger partial charge on any atom is 0.246 e. The minimum Gasteiger partial charge on any atom is -0.488 e. The van der Waals surface area contributed by atoms with Crippen LogP contribution in [0.5, 0.6) is 5.75 Å². The van der Waals surface area contributed by atoms with Crippen molar-refractivity contribution >= 4 is 29.9 Å². The van der Waals surface area contributed by atoms with Crippen LogP contribution in [0.15, 0.2) is 27.7 Å². The molecule has 30 heavy (non-hydrogen) atoms. The largest absolute Gasteiger partial charge is 0.488 e. The molecule has 168 valence electrons. The molecule has 0 fully saturated rings. The molecule has 0 saturated carbocycles. The molecule has 0 spiro atoms. The number of halogens is 1. The molecule has 1 atom stereocenters. The molecule has 2 rings (SSSR count). The third-order valence-corrected chi connectivity index (χ3v) is 3.98. The lowest BCUT2D eigenvalue weighted by molar-refractivity contribution is 0.0683. The summed E-state index contributed by atoms with van der Waals surface area (Å²) in [6, 6.07) is 6.19. The molecule has 2 aromatic rings. The number of nitrogens with zero attached hydrogens (tertiary/aromatic N) is 3. The van der Waals surface area contributed by atoms with Gasteiger partial charge in [-0.3, -0.25) is 4.99 Å². The second-order valence-electron chi connectivity index (χ2n) is 7.75. The fourth-order valence-electron chi connectivity index (χ4n) is 2.62. The molecule has 1 aromatic heterocycles. The van der Waals surface area contributed by atoms with E-state index in [9.17, 15) is 0 Å². The lowest BCUT2D eigenvalue weighted by Gasteiger charge is -2.24. The summed E-state index contributed by atoms with van der Waals surface area (Å²) in [7, 11) is 1.72. The summed E-state index contributed by atoms with van der Waals surface area (Å²) in [6.07, 6.45) is -0.197. The monoisotopic (exact) mass is 531 g/mol. The highest BCUT2D eigenvalue weighted by Crippen LogP contribution is 2.24. The SMILES string of the molecule is CCOC(C)c1noc(CNC(=NC)NCc2ccc(C)cc2OC(C)(C)C)n1.I. The van der Waals surface area contributed by atoms with Gasteiger partial charge in [-0.2, -0.15) is 4.98 Å². The number of guanidine groups is 1. The number of aromatic nitrogens is 2. The Balaban J connectivity index is 0.00000450. The van der Waals surface area contributed by atoms with Gasteiger partial charge in [-0.15, -0.1) is 24.0 Å². The van der Waals surface area contributed by atoms with Crippen LogP contribution in [0.1, 0.15) is 63.6 Å². The minimum absolute atomic E-state index is 0. The summed E-state index contributed by atoms with van der Waals surface area (Å²) >= 11 is 0. The molecule has 0 aliphatic heterocycles. The van der Waals surface area contributed by atoms with Crippen molar-refractivity contribution in [3.8, 4) is 5.75 Å². The van der Waals surface area contributed by atoms with Crippen molar-refractivity contribution in [3.63, 3.8) is 0 Å². The maximum atomic E-state index is 6.11. The molecule has 0 aliphatic rings. The average molecular weight is 531 g/mol. The van der Waals surface area contributed by atoms with Crippen molar-refractivity contribution in [3.05, 3.63) is 41.0 Å². The third-order valence-electron chi connectivity index (χ3n) is 3.98. The summed E-state index contributed by atoms with van der Waals surface area (Å²) in [5.74, 6) is 2.51. The highest BCUT2D eigenvalue weighted by atomic mass is 127. The van der Waals surface area contributed by atoms with Crippen LogP contribution in [0, 0.1) is 6.92 Å². The Labute approximate surface area is 196 Å². The van der Waals surface area contributed by atoms with Crippen LogP contribution in [0.2, 0.25) is 0 Å². The first-order valence-electron chi connectivity index (χ1n) is 9.89. The Kier molecular flexibility index (Phi) is 10.5. The lowest BCUT2D eigenvalue weighted by atomic mass is 10.1. The van der Waals surface area contributed by atoms with Crippen LogP contribution in [-0.4, -0.2) is 35.4 Å². The number of benzene rings is 1. The molecule has 2 N–H and O–H groups in total. The van der Waals surface area contributed by atoms with Crippen LogP contribution >= 0.6 is 24.0 Å². The van der Waals surface area contributed by atoms with Gasteiger partial charge in [0.2, 0.25) is 5.89 Å². The van der Waals surface area contributed by atoms with Gasteiger partial charge >= 0.3 is 0 Å². The average Bonchev–Trinajstić information content (AvgIpc) is 3.11. The van der Waals surface area contributed by atoms with Gasteiger partial charge in [0.25, 0.3) is 0 Å². The highest BCUT2D eigenvalue weighted by molar-refractivity contribution is 14.0. The van der Waals surface area contributed by atoms with Crippen molar-refractivity contribution < 1.29 is 14.0 Å². The highest BCUT2D eigenvalue weighted by Gasteiger charge is 2.16. The maximum absolute atomic E-state index is 6.11. The van der Waals surface area contributed by atoms with Crippen molar-refractivity contribution in [2.24, 2.45) is 4.99 Å². The molecule has 1 aromatic carbocycles. The van der Waals surface area contributed by atoms with Crippen LogP contribution < -0.4 is 15.4 Å². The zero-order chi connectivity index (χ0) is 21.4. The van der Waals surface area contributed by atoms with Gasteiger partial charge in [0.15, 0.2) is 11.8 Å². The first kappa shape index (κ1) is 26.2. The smallest absolute Gasteiger partial charge is 0.246 e. The van der Waals surface area contributed by atoms with E-state index in [2.05, 4.69) is 50.9 Å². The molecule has 9 heteroatoms. The molecular formula is C21H34IN5O3. The van der Waals surface area contributed by atoms with Crippen LogP contribution in [0.25, 0.3) is 0 Å². The number of hydrogen-bond acceptors (Lipinski definition) is 6. The first-order chi connectivity index (χ1) is 13.7. The van der Waals surface area contributed by atoms with Gasteiger partial charge in [0.05, 0.1) is 6.54 Å². The fourth-order valence-corrected chi connectivity index (χ4v) is 2.62. The van der Waals surface area contributed by atoms with Gasteiger partial charge in [0, 0.05) is 25.8 Å². The second kappa shape index (κ2) is 12.1. The van der Waals surface area contributed by atoms with E-state index in [1.54, 1.807) is 7.05 Å². The van der Waals surface area contributed by atoms with Crippen LogP contribution in [-0.2, 0) is 17.8 Å². The Morgan fingerprint density at radius 2 is 1.93 bits per heavy atom. The molecule has 0 radical (unpaired) electrons. The van der Waals surface area contributed by atoms with Gasteiger partial charge < -0.3 is 24.6 Å². The molecule has 0 aliphatic carbocycles. The van der Waals surface area contributed by atoms with E-state index in [4.69, 9.17) is 14.0 Å². The second-order valence-corrected chi connectivity index (χ2v) is 7.75. The molecule has 8 nitrogen and oxygen atoms in total. The van der Waals surface area contributed by atoms with E-state index in [-0.39, 0.29) is 35.7 Å². The van der Waals surface area contributed by atoms with E-state index in [1.807, 2.05) is 34.6 Å². The molecule has 0 bridgehead atoms. The molecule has 1 heterocycles. The first-order valence-corrected chi connectivity index (χ1v) is 9.89. The Morgan fingerprint density at radius 1 is 1.23 bits per heavy atom. The quantitative estimate of drug-likeness (QED) is 0.301. The number of hydrogen-bond donors (Lipinski definition) is 2. The van der Waals surface area contributed by atoms with E-state index in [0.29, 0.717) is 37.4 Å². The number of aliphatic imine (C=N–C) groups is 1. The van der Waals surface area contributed by atoms with Crippen molar-refractivity contribution in [1.82, 2.24) is 20.8 Å². The molecule has 1 unspecified atom stereocenters. The van der Waals surface area contributed by atoms with Crippen LogP contribution in [0.4, 0.5) is 0 Å². The van der Waals surface area contributed by atoms with E-state index in [1.165, 1.54) is 0 Å². The standard InChI is InChI=1S/C21H33N5O3.HI/c1-8-27-15(3)19-25-18(29-26-19)13-24-20(22-7)23-12-16-10-9-14(2)11-17(16)28-21(4,5)6;/h9-11,15H,8,12-13H2,1-7H3,(H2,22,23,24);1H. The van der Waals surface area contributed by atoms with E-state index >= 15 is 0 Å². The number of nitrogens with one attached hydrogen (secondary N) is 2. The lowest BCUT2D eigenvalue weighted by Crippen LogP contribution is -2.36. The number of ether oxygens (including phenoxy) is 2. The van der Waals surface area contributed by atoms with Gasteiger partial charge in [0.1, 0.15) is 17.5 Å². The summed E-state index contributed by atoms with van der Waals surface area (Å²) in [4.78, 5) is 8.60. The van der Waals surface area contributed by atoms with Crippen molar-refractivity contribution in [2.45, 2.75) is 66.3 Å². The zero-order valence-electron chi connectivity index (χ0n) is 18.9. The van der Waals surface area contributed by atoms with Gasteiger partial charge in [-0.25, -0.2) is 0 Å². The summed E-state index contributed by atoms with van der Waals surface area (Å²) < 4.78 is 16.9. The van der Waals surface area contributed by atoms with Gasteiger partial charge in [-0.05, 0) is 53.2 Å². The summed E-state index contributed by atoms with van der Waals surface area (Å²) in [5, 5.41) is 10.4. The Morgan fingerprint density at radius 3 is 2.57 bits per heavy atom. The van der Waals surface area contributed by atoms with Gasteiger partial charge in [-0.1, -0.05) is 17.3 Å². The fraction of sp³-hybridized carbons (Fsp3) is 0.571. The van der Waals surface area contributed by atoms with Crippen molar-refractivity contribution in [1.29, 1.82) is 0 Å². The molecule has 0 saturated heterocycles. The summed E-state index contributed by atoms with van der Waals surface area (Å²) in [6.45, 7) is 13.5. The Bertz CT molecular complexity index is 817. The van der Waals surface area contributed by atoms with E-state index in [0.717, 1.165) is 16.9 Å². The topological polar surface area (TPSA) is 93.8 Å². The molecular weight excluding hydrogens is 497 g/mol. The third kappa shape index (κ3) is 8.47. The van der Waals surface area contributed by atoms with E-state index < -0.39 is 0 Å². The Hall–Kier alpha value is -1.88. The number of aryl methyl sites for hydroxylation is 1. The number of rotatable bonds is 8. The predicted octanol–water partition coefficient (Wildman–Crippen LogP) is 4.14. The van der Waals surface area contributed by atoms with Crippen LogP contribution in [0.3, 0.4) is 0 Å².